The molecule has 3 rings (SSSR count). The Morgan fingerprint density at radius 1 is 1.14 bits per heavy atom. The van der Waals surface area contributed by atoms with Crippen LogP contribution in [0.1, 0.15) is 5.69 Å². The predicted octanol–water partition coefficient (Wildman–Crippen LogP) is 3.47. The number of carbonyl (C=O) groups excluding carboxylic acids is 1. The number of nitrogens with one attached hydrogen (secondary N) is 1. The summed E-state index contributed by atoms with van der Waals surface area (Å²) in [4.78, 5) is 24.6. The van der Waals surface area contributed by atoms with Crippen LogP contribution in [0.25, 0.3) is 0 Å². The van der Waals surface area contributed by atoms with Gasteiger partial charge in [-0.2, -0.15) is 0 Å². The summed E-state index contributed by atoms with van der Waals surface area (Å²) >= 11 is 1.39. The minimum absolute atomic E-state index is 0.137. The van der Waals surface area contributed by atoms with E-state index < -0.39 is 24.1 Å². The fraction of sp³-hybridized carbons (Fsp3) is 0.158. The highest BCUT2D eigenvalue weighted by Gasteiger charge is 2.12. The number of rotatable bonds is 8. The second-order valence-corrected chi connectivity index (χ2v) is 6.55. The first-order valence-electron chi connectivity index (χ1n) is 8.35. The van der Waals surface area contributed by atoms with Gasteiger partial charge in [0.1, 0.15) is 11.6 Å². The molecule has 0 saturated carbocycles. The Morgan fingerprint density at radius 2 is 1.93 bits per heavy atom. The van der Waals surface area contributed by atoms with Crippen molar-refractivity contribution in [2.45, 2.75) is 10.9 Å². The van der Waals surface area contributed by atoms with Crippen LogP contribution in [0.4, 0.5) is 14.5 Å². The Balaban J connectivity index is 1.62. The highest BCUT2D eigenvalue weighted by molar-refractivity contribution is 7.98. The number of hydrogen-bond donors (Lipinski definition) is 1. The van der Waals surface area contributed by atoms with Crippen LogP contribution in [0.5, 0.6) is 11.5 Å². The third-order valence-electron chi connectivity index (χ3n) is 3.56. The van der Waals surface area contributed by atoms with Gasteiger partial charge in [-0.25, -0.2) is 18.7 Å². The van der Waals surface area contributed by atoms with Gasteiger partial charge in [0.2, 0.25) is 0 Å². The van der Waals surface area contributed by atoms with E-state index in [-0.39, 0.29) is 5.69 Å². The molecule has 1 N–H and O–H groups in total. The zero-order valence-corrected chi connectivity index (χ0v) is 16.1. The van der Waals surface area contributed by atoms with E-state index in [4.69, 9.17) is 9.47 Å². The van der Waals surface area contributed by atoms with E-state index in [1.165, 1.54) is 25.1 Å². The predicted molar refractivity (Wildman–Crippen MR) is 103 cm³/mol. The number of benzene rings is 1. The Kier molecular flexibility index (Phi) is 6.90. The second-order valence-electron chi connectivity index (χ2n) is 5.61. The van der Waals surface area contributed by atoms with Gasteiger partial charge in [0.15, 0.2) is 23.3 Å². The third kappa shape index (κ3) is 5.85. The lowest BCUT2D eigenvalue weighted by Crippen LogP contribution is -2.21. The Bertz CT molecular complexity index is 992. The van der Waals surface area contributed by atoms with Crippen LogP contribution in [0.3, 0.4) is 0 Å². The Morgan fingerprint density at radius 3 is 2.66 bits per heavy atom. The molecule has 1 amide bonds. The molecule has 0 aliphatic rings. The van der Waals surface area contributed by atoms with Gasteiger partial charge in [-0.15, -0.1) is 0 Å². The summed E-state index contributed by atoms with van der Waals surface area (Å²) in [6.45, 7) is -0.397. The molecule has 29 heavy (non-hydrogen) atoms. The van der Waals surface area contributed by atoms with Crippen LogP contribution >= 0.6 is 11.8 Å². The molecule has 0 unspecified atom stereocenters. The molecule has 2 heterocycles. The van der Waals surface area contributed by atoms with Crippen LogP contribution in [0.2, 0.25) is 0 Å². The van der Waals surface area contributed by atoms with Crippen molar-refractivity contribution in [2.24, 2.45) is 0 Å². The minimum atomic E-state index is -0.873. The number of carbonyl (C=O) groups is 1. The molecule has 0 aliphatic carbocycles. The molecular formula is C19H16F2N4O3S. The lowest BCUT2D eigenvalue weighted by molar-refractivity contribution is -0.118. The quantitative estimate of drug-likeness (QED) is 0.443. The SMILES string of the molecule is COc1cnc(CSc2ncccn2)cc1OCC(=O)Nc1ccc(F)cc1F. The number of amides is 1. The average molecular weight is 418 g/mol. The van der Waals surface area contributed by atoms with Crippen molar-refractivity contribution in [3.63, 3.8) is 0 Å². The van der Waals surface area contributed by atoms with Crippen molar-refractivity contribution >= 4 is 23.4 Å². The Hall–Kier alpha value is -3.27. The van der Waals surface area contributed by atoms with E-state index in [0.717, 1.165) is 12.1 Å². The first-order chi connectivity index (χ1) is 14.0. The maximum absolute atomic E-state index is 13.6. The van der Waals surface area contributed by atoms with E-state index in [1.54, 1.807) is 24.5 Å². The Labute approximate surface area is 169 Å². The summed E-state index contributed by atoms with van der Waals surface area (Å²) in [6, 6.07) is 6.23. The number of anilines is 1. The summed E-state index contributed by atoms with van der Waals surface area (Å²) in [5, 5.41) is 2.93. The molecule has 2 aromatic heterocycles. The summed E-state index contributed by atoms with van der Waals surface area (Å²) in [7, 11) is 1.45. The average Bonchev–Trinajstić information content (AvgIpc) is 2.73. The molecule has 0 saturated heterocycles. The second kappa shape index (κ2) is 9.78. The van der Waals surface area contributed by atoms with Crippen LogP contribution in [-0.2, 0) is 10.5 Å². The third-order valence-corrected chi connectivity index (χ3v) is 4.47. The van der Waals surface area contributed by atoms with Crippen LogP contribution in [0.15, 0.2) is 54.1 Å². The van der Waals surface area contributed by atoms with Gasteiger partial charge in [-0.1, -0.05) is 11.8 Å². The maximum atomic E-state index is 13.6. The fourth-order valence-electron chi connectivity index (χ4n) is 2.23. The monoisotopic (exact) mass is 418 g/mol. The molecule has 3 aromatic rings. The number of pyridine rings is 1. The van der Waals surface area contributed by atoms with E-state index in [9.17, 15) is 13.6 Å². The van der Waals surface area contributed by atoms with Crippen LogP contribution < -0.4 is 14.8 Å². The summed E-state index contributed by atoms with van der Waals surface area (Å²) < 4.78 is 37.3. The molecule has 10 heteroatoms. The molecule has 0 fully saturated rings. The van der Waals surface area contributed by atoms with Crippen LogP contribution in [-0.4, -0.2) is 34.6 Å². The van der Waals surface area contributed by atoms with E-state index in [1.807, 2.05) is 0 Å². The smallest absolute Gasteiger partial charge is 0.262 e. The standard InChI is InChI=1S/C19H16F2N4O3S/c1-27-17-9-24-13(11-29-19-22-5-2-6-23-19)8-16(17)28-10-18(26)25-15-4-3-12(20)7-14(15)21/h2-9H,10-11H2,1H3,(H,25,26). The topological polar surface area (TPSA) is 86.2 Å². The number of aromatic nitrogens is 3. The lowest BCUT2D eigenvalue weighted by atomic mass is 10.3. The number of methoxy groups -OCH3 is 1. The van der Waals surface area contributed by atoms with Gasteiger partial charge in [0.25, 0.3) is 5.91 Å². The van der Waals surface area contributed by atoms with Gasteiger partial charge < -0.3 is 14.8 Å². The molecule has 0 radical (unpaired) electrons. The molecule has 0 atom stereocenters. The number of ether oxygens (including phenoxy) is 2. The first-order valence-corrected chi connectivity index (χ1v) is 9.34. The van der Waals surface area contributed by atoms with Crippen molar-refractivity contribution in [1.29, 1.82) is 0 Å². The van der Waals surface area contributed by atoms with E-state index in [2.05, 4.69) is 20.3 Å². The molecule has 0 bridgehead atoms. The molecule has 7 nitrogen and oxygen atoms in total. The maximum Gasteiger partial charge on any atom is 0.262 e. The highest BCUT2D eigenvalue weighted by Crippen LogP contribution is 2.28. The number of hydrogen-bond acceptors (Lipinski definition) is 7. The normalized spacial score (nSPS) is 10.4. The first kappa shape index (κ1) is 20.5. The molecule has 1 aromatic carbocycles. The fourth-order valence-corrected chi connectivity index (χ4v) is 2.93. The minimum Gasteiger partial charge on any atom is -0.491 e. The molecular weight excluding hydrogens is 402 g/mol. The van der Waals surface area contributed by atoms with E-state index in [0.29, 0.717) is 34.2 Å². The summed E-state index contributed by atoms with van der Waals surface area (Å²) in [5.74, 6) is -1.08. The van der Waals surface area contributed by atoms with Gasteiger partial charge in [-0.05, 0) is 18.2 Å². The van der Waals surface area contributed by atoms with Crippen LogP contribution in [0, 0.1) is 11.6 Å². The van der Waals surface area contributed by atoms with Crippen molar-refractivity contribution in [1.82, 2.24) is 15.0 Å². The van der Waals surface area contributed by atoms with Crippen molar-refractivity contribution in [3.05, 3.63) is 66.3 Å². The summed E-state index contributed by atoms with van der Waals surface area (Å²) in [6.07, 6.45) is 4.77. The van der Waals surface area contributed by atoms with Crippen molar-refractivity contribution in [2.75, 3.05) is 19.0 Å². The van der Waals surface area contributed by atoms with Gasteiger partial charge >= 0.3 is 0 Å². The molecule has 0 aliphatic heterocycles. The zero-order valence-electron chi connectivity index (χ0n) is 15.3. The number of halogens is 2. The largest absolute Gasteiger partial charge is 0.491 e. The van der Waals surface area contributed by atoms with Crippen molar-refractivity contribution in [3.8, 4) is 11.5 Å². The molecule has 150 valence electrons. The summed E-state index contributed by atoms with van der Waals surface area (Å²) in [5.41, 5.74) is 0.532. The number of nitrogens with zero attached hydrogens (tertiary/aromatic N) is 3. The lowest BCUT2D eigenvalue weighted by Gasteiger charge is -2.12. The highest BCUT2D eigenvalue weighted by atomic mass is 32.2. The number of thioether (sulfide) groups is 1. The van der Waals surface area contributed by atoms with E-state index >= 15 is 0 Å². The van der Waals surface area contributed by atoms with Gasteiger partial charge in [-0.3, -0.25) is 9.78 Å². The molecule has 0 spiro atoms. The zero-order chi connectivity index (χ0) is 20.6. The van der Waals surface area contributed by atoms with Gasteiger partial charge in [0, 0.05) is 30.3 Å². The van der Waals surface area contributed by atoms with Gasteiger partial charge in [0.05, 0.1) is 24.7 Å². The van der Waals surface area contributed by atoms with Crippen molar-refractivity contribution < 1.29 is 23.0 Å².